The molecule has 0 radical (unpaired) electrons. The molecule has 2 aromatic carbocycles. The van der Waals surface area contributed by atoms with Gasteiger partial charge in [0.25, 0.3) is 5.56 Å². The van der Waals surface area contributed by atoms with Crippen LogP contribution >= 0.6 is 7.49 Å². The average molecular weight is 474 g/mol. The summed E-state index contributed by atoms with van der Waals surface area (Å²) in [6, 6.07) is 17.7. The summed E-state index contributed by atoms with van der Waals surface area (Å²) in [6.07, 6.45) is 2.85. The van der Waals surface area contributed by atoms with Crippen molar-refractivity contribution in [2.45, 2.75) is 6.42 Å². The highest BCUT2D eigenvalue weighted by atomic mass is 31.2. The van der Waals surface area contributed by atoms with E-state index in [9.17, 15) is 14.1 Å². The minimum atomic E-state index is -2.69. The first kappa shape index (κ1) is 22.1. The number of pyridine rings is 1. The largest absolute Gasteiger partial charge is 0.349 e. The first-order chi connectivity index (χ1) is 16.5. The zero-order valence-electron chi connectivity index (χ0n) is 18.3. The van der Waals surface area contributed by atoms with Crippen molar-refractivity contribution in [3.05, 3.63) is 93.8 Å². The highest BCUT2D eigenvalue weighted by molar-refractivity contribution is 7.77. The Morgan fingerprint density at radius 3 is 2.59 bits per heavy atom. The van der Waals surface area contributed by atoms with Gasteiger partial charge in [-0.1, -0.05) is 24.3 Å². The van der Waals surface area contributed by atoms with Crippen LogP contribution < -0.4 is 15.8 Å². The summed E-state index contributed by atoms with van der Waals surface area (Å²) in [4.78, 5) is 29.9. The summed E-state index contributed by atoms with van der Waals surface area (Å²) in [5.41, 5.74) is 1.77. The number of nitrogens with one attached hydrogen (secondary N) is 1. The van der Waals surface area contributed by atoms with Crippen molar-refractivity contribution in [3.8, 4) is 6.07 Å². The van der Waals surface area contributed by atoms with Crippen LogP contribution in [0.1, 0.15) is 16.8 Å². The van der Waals surface area contributed by atoms with Crippen LogP contribution in [0.5, 0.6) is 0 Å². The minimum absolute atomic E-state index is 0.247. The van der Waals surface area contributed by atoms with E-state index in [2.05, 4.69) is 21.3 Å². The van der Waals surface area contributed by atoms with Crippen LogP contribution in [-0.4, -0.2) is 45.5 Å². The van der Waals surface area contributed by atoms with Crippen molar-refractivity contribution in [1.82, 2.24) is 15.2 Å². The molecular weight excluding hydrogens is 452 g/mol. The predicted molar refractivity (Wildman–Crippen MR) is 131 cm³/mol. The maximum absolute atomic E-state index is 14.9. The number of nitrogens with zero attached hydrogens (tertiary/aromatic N) is 4. The lowest BCUT2D eigenvalue weighted by molar-refractivity contribution is 0.586. The van der Waals surface area contributed by atoms with E-state index in [0.29, 0.717) is 53.8 Å². The SMILES string of the molecule is N#Cc1ccc(N2CC[P+](O)(c3cc(Cc4n[nH]c(=O)c5ccccc45)ccc3F)CC2)nc1. The maximum atomic E-state index is 14.9. The first-order valence-corrected chi connectivity index (χ1v) is 13.0. The van der Waals surface area contributed by atoms with Crippen molar-refractivity contribution in [2.75, 3.05) is 30.3 Å². The predicted octanol–water partition coefficient (Wildman–Crippen LogP) is 2.99. The van der Waals surface area contributed by atoms with Gasteiger partial charge in [-0.25, -0.2) is 19.4 Å². The smallest absolute Gasteiger partial charge is 0.272 e. The number of hydrogen-bond donors (Lipinski definition) is 2. The van der Waals surface area contributed by atoms with Gasteiger partial charge in [0.2, 0.25) is 0 Å². The zero-order chi connectivity index (χ0) is 23.7. The zero-order valence-corrected chi connectivity index (χ0v) is 19.2. The molecule has 0 spiro atoms. The monoisotopic (exact) mass is 474 g/mol. The summed E-state index contributed by atoms with van der Waals surface area (Å²) in [6.45, 7) is 1.11. The molecule has 0 bridgehead atoms. The normalized spacial score (nSPS) is 15.3. The third-order valence-corrected chi connectivity index (χ3v) is 9.41. The van der Waals surface area contributed by atoms with Crippen LogP contribution in [0.4, 0.5) is 10.2 Å². The molecule has 7 nitrogen and oxygen atoms in total. The van der Waals surface area contributed by atoms with Gasteiger partial charge >= 0.3 is 0 Å². The van der Waals surface area contributed by atoms with Crippen LogP contribution in [0.15, 0.2) is 65.6 Å². The van der Waals surface area contributed by atoms with Gasteiger partial charge < -0.3 is 4.90 Å². The van der Waals surface area contributed by atoms with Gasteiger partial charge in [-0.2, -0.15) is 10.4 Å². The van der Waals surface area contributed by atoms with Gasteiger partial charge in [0, 0.05) is 18.0 Å². The molecule has 0 saturated carbocycles. The second kappa shape index (κ2) is 8.94. The molecule has 9 heteroatoms. The van der Waals surface area contributed by atoms with Gasteiger partial charge in [0.05, 0.1) is 29.7 Å². The standard InChI is InChI=1S/C25H21FN5O2P/c26-21-7-5-17(13-22-19-3-1-2-4-20(19)25(32)30-29-22)14-23(21)34(33)11-9-31(10-12-34)24-8-6-18(15-27)16-28-24/h1-8,14,16,33H,9-13H2/p+1. The lowest BCUT2D eigenvalue weighted by atomic mass is 10.0. The number of nitriles is 1. The van der Waals surface area contributed by atoms with E-state index in [1.807, 2.05) is 17.0 Å². The van der Waals surface area contributed by atoms with Crippen molar-refractivity contribution < 1.29 is 9.28 Å². The van der Waals surface area contributed by atoms with Crippen molar-refractivity contribution in [3.63, 3.8) is 0 Å². The third-order valence-electron chi connectivity index (χ3n) is 6.29. The molecule has 3 heterocycles. The Kier molecular flexibility index (Phi) is 5.82. The number of aromatic amines is 1. The van der Waals surface area contributed by atoms with Gasteiger partial charge in [0.15, 0.2) is 18.6 Å². The number of rotatable bonds is 4. The lowest BCUT2D eigenvalue weighted by Crippen LogP contribution is -2.40. The second-order valence-electron chi connectivity index (χ2n) is 8.38. The molecule has 0 amide bonds. The maximum Gasteiger partial charge on any atom is 0.272 e. The summed E-state index contributed by atoms with van der Waals surface area (Å²) >= 11 is 0. The number of H-pyrrole nitrogens is 1. The topological polar surface area (TPSA) is 106 Å². The number of aromatic nitrogens is 3. The van der Waals surface area contributed by atoms with Crippen LogP contribution in [0.2, 0.25) is 0 Å². The summed E-state index contributed by atoms with van der Waals surface area (Å²) in [5.74, 6) is 0.347. The van der Waals surface area contributed by atoms with Crippen LogP contribution in [0.25, 0.3) is 10.8 Å². The average Bonchev–Trinajstić information content (AvgIpc) is 2.87. The number of fused-ring (bicyclic) bond motifs is 1. The van der Waals surface area contributed by atoms with Crippen molar-refractivity contribution in [2.24, 2.45) is 0 Å². The Morgan fingerprint density at radius 1 is 1.12 bits per heavy atom. The van der Waals surface area contributed by atoms with E-state index in [4.69, 9.17) is 5.26 Å². The Balaban J connectivity index is 1.38. The van der Waals surface area contributed by atoms with E-state index >= 15 is 0 Å². The van der Waals surface area contributed by atoms with E-state index < -0.39 is 13.3 Å². The van der Waals surface area contributed by atoms with Crippen LogP contribution in [-0.2, 0) is 6.42 Å². The number of anilines is 1. The fraction of sp³-hybridized carbons (Fsp3) is 0.200. The molecule has 2 aromatic heterocycles. The van der Waals surface area contributed by atoms with Crippen molar-refractivity contribution >= 4 is 29.4 Å². The Morgan fingerprint density at radius 2 is 1.88 bits per heavy atom. The van der Waals surface area contributed by atoms with E-state index in [1.165, 1.54) is 12.3 Å². The van der Waals surface area contributed by atoms with Crippen LogP contribution in [0.3, 0.4) is 0 Å². The number of hydrogen-bond acceptors (Lipinski definition) is 6. The van der Waals surface area contributed by atoms with E-state index in [-0.39, 0.29) is 5.56 Å². The molecule has 1 saturated heterocycles. The fourth-order valence-electron chi connectivity index (χ4n) is 4.39. The van der Waals surface area contributed by atoms with Gasteiger partial charge in [-0.15, -0.1) is 0 Å². The molecule has 2 N–H and O–H groups in total. The quantitative estimate of drug-likeness (QED) is 0.441. The molecule has 170 valence electrons. The third kappa shape index (κ3) is 4.16. The lowest BCUT2D eigenvalue weighted by Gasteiger charge is -2.33. The summed E-state index contributed by atoms with van der Waals surface area (Å²) in [5, 5.41) is 17.4. The first-order valence-electron chi connectivity index (χ1n) is 10.9. The molecule has 0 unspecified atom stereocenters. The molecule has 5 rings (SSSR count). The van der Waals surface area contributed by atoms with Crippen LogP contribution in [0, 0.1) is 17.1 Å². The molecule has 0 aliphatic carbocycles. The summed E-state index contributed by atoms with van der Waals surface area (Å²) < 4.78 is 14.9. The molecule has 1 fully saturated rings. The minimum Gasteiger partial charge on any atom is -0.349 e. The molecule has 1 aliphatic heterocycles. The number of benzene rings is 2. The van der Waals surface area contributed by atoms with E-state index in [0.717, 1.165) is 16.8 Å². The van der Waals surface area contributed by atoms with E-state index in [1.54, 1.807) is 36.4 Å². The van der Waals surface area contributed by atoms with Gasteiger partial charge in [-0.05, 0) is 35.9 Å². The highest BCUT2D eigenvalue weighted by Gasteiger charge is 2.44. The van der Waals surface area contributed by atoms with Gasteiger partial charge in [0.1, 0.15) is 24.2 Å². The molecular formula is C25H22FN5O2P+. The number of halogens is 1. The highest BCUT2D eigenvalue weighted by Crippen LogP contribution is 2.55. The molecule has 4 aromatic rings. The Labute approximate surface area is 195 Å². The summed E-state index contributed by atoms with van der Waals surface area (Å²) in [7, 11) is -2.69. The van der Waals surface area contributed by atoms with Gasteiger partial charge in [-0.3, -0.25) is 4.79 Å². The Hall–Kier alpha value is -3.66. The second-order valence-corrected chi connectivity index (χ2v) is 11.6. The molecule has 34 heavy (non-hydrogen) atoms. The van der Waals surface area contributed by atoms with Crippen molar-refractivity contribution in [1.29, 1.82) is 5.26 Å². The molecule has 0 atom stereocenters. The molecule has 1 aliphatic rings. The fourth-order valence-corrected chi connectivity index (χ4v) is 7.12. The Bertz CT molecular complexity index is 1460.